The number of aromatic nitrogens is 1. The Morgan fingerprint density at radius 3 is 2.62 bits per heavy atom. The Morgan fingerprint density at radius 1 is 1.10 bits per heavy atom. The number of nitrogens with zero attached hydrogens (tertiary/aromatic N) is 1. The van der Waals surface area contributed by atoms with Gasteiger partial charge in [-0.25, -0.2) is 0 Å². The van der Waals surface area contributed by atoms with E-state index in [0.29, 0.717) is 16.3 Å². The highest BCUT2D eigenvalue weighted by atomic mass is 32.2. The van der Waals surface area contributed by atoms with Crippen LogP contribution in [0.1, 0.15) is 11.3 Å². The van der Waals surface area contributed by atoms with Crippen LogP contribution >= 0.6 is 0 Å². The summed E-state index contributed by atoms with van der Waals surface area (Å²) in [6.45, 7) is 1.95. The average molecular weight is 296 g/mol. The zero-order valence-electron chi connectivity index (χ0n) is 11.7. The van der Waals surface area contributed by atoms with E-state index in [0.717, 1.165) is 22.2 Å². The molecule has 0 amide bonds. The molecule has 0 radical (unpaired) electrons. The van der Waals surface area contributed by atoms with Crippen molar-refractivity contribution in [1.29, 1.82) is 0 Å². The fourth-order valence-corrected chi connectivity index (χ4v) is 3.66. The van der Waals surface area contributed by atoms with Gasteiger partial charge in [-0.15, -0.1) is 0 Å². The van der Waals surface area contributed by atoms with Gasteiger partial charge in [-0.05, 0) is 36.8 Å². The molecule has 3 rings (SSSR count). The molecule has 0 bridgehead atoms. The minimum atomic E-state index is -1.16. The number of nitrogen functional groups attached to an aromatic ring is 1. The number of benzene rings is 2. The number of nitrogens with two attached hydrogens (primary N) is 1. The number of pyridine rings is 1. The van der Waals surface area contributed by atoms with Crippen LogP contribution in [0.2, 0.25) is 0 Å². The van der Waals surface area contributed by atoms with E-state index in [-0.39, 0.29) is 0 Å². The predicted octanol–water partition coefficient (Wildman–Crippen LogP) is 3.43. The number of fused-ring (bicyclic) bond motifs is 1. The Bertz CT molecular complexity index is 830. The highest BCUT2D eigenvalue weighted by Crippen LogP contribution is 2.23. The van der Waals surface area contributed by atoms with Crippen molar-refractivity contribution in [3.05, 3.63) is 65.9 Å². The second-order valence-corrected chi connectivity index (χ2v) is 6.39. The molecule has 0 saturated carbocycles. The summed E-state index contributed by atoms with van der Waals surface area (Å²) in [5.41, 5.74) is 9.40. The van der Waals surface area contributed by atoms with Crippen molar-refractivity contribution in [2.75, 3.05) is 5.73 Å². The largest absolute Gasteiger partial charge is 0.398 e. The summed E-state index contributed by atoms with van der Waals surface area (Å²) in [7, 11) is -1.16. The molecule has 2 N–H and O–H groups in total. The number of hydrogen-bond donors (Lipinski definition) is 1. The maximum atomic E-state index is 12.6. The first kappa shape index (κ1) is 13.8. The minimum Gasteiger partial charge on any atom is -0.398 e. The van der Waals surface area contributed by atoms with Gasteiger partial charge in [0.2, 0.25) is 0 Å². The monoisotopic (exact) mass is 296 g/mol. The van der Waals surface area contributed by atoms with Gasteiger partial charge in [0.1, 0.15) is 0 Å². The third-order valence-corrected chi connectivity index (χ3v) is 4.82. The lowest BCUT2D eigenvalue weighted by atomic mass is 10.1. The number of hydrogen-bond acceptors (Lipinski definition) is 3. The summed E-state index contributed by atoms with van der Waals surface area (Å²) >= 11 is 0. The van der Waals surface area contributed by atoms with E-state index >= 15 is 0 Å². The quantitative estimate of drug-likeness (QED) is 0.753. The second kappa shape index (κ2) is 5.66. The van der Waals surface area contributed by atoms with Gasteiger partial charge in [-0.2, -0.15) is 0 Å². The van der Waals surface area contributed by atoms with Crippen molar-refractivity contribution < 1.29 is 4.21 Å². The molecule has 4 heteroatoms. The third-order valence-electron chi connectivity index (χ3n) is 3.38. The standard InChI is InChI=1S/C17H16N2OS/c1-12-10-13(14-6-2-4-8-16(14)19-12)11-21(20)17-9-5-3-7-15(17)18/h2-10H,11,18H2,1H3. The van der Waals surface area contributed by atoms with Crippen LogP contribution in [-0.4, -0.2) is 9.19 Å². The molecule has 3 nitrogen and oxygen atoms in total. The van der Waals surface area contributed by atoms with Crippen molar-refractivity contribution >= 4 is 27.4 Å². The Morgan fingerprint density at radius 2 is 1.81 bits per heavy atom. The lowest BCUT2D eigenvalue weighted by molar-refractivity contribution is 0.683. The van der Waals surface area contributed by atoms with Gasteiger partial charge in [0.05, 0.1) is 27.0 Å². The lowest BCUT2D eigenvalue weighted by Gasteiger charge is -2.09. The van der Waals surface area contributed by atoms with Gasteiger partial charge in [0.15, 0.2) is 0 Å². The normalized spacial score (nSPS) is 12.4. The zero-order chi connectivity index (χ0) is 14.8. The van der Waals surface area contributed by atoms with Gasteiger partial charge < -0.3 is 5.73 Å². The first-order valence-corrected chi connectivity index (χ1v) is 8.05. The molecular formula is C17H16N2OS. The smallest absolute Gasteiger partial charge is 0.0708 e. The van der Waals surface area contributed by atoms with E-state index in [1.807, 2.05) is 55.5 Å². The number of aryl methyl sites for hydroxylation is 1. The average Bonchev–Trinajstić information content (AvgIpc) is 2.47. The number of para-hydroxylation sites is 2. The summed E-state index contributed by atoms with van der Waals surface area (Å²) in [5.74, 6) is 0.443. The van der Waals surface area contributed by atoms with Gasteiger partial charge in [-0.3, -0.25) is 9.19 Å². The molecule has 0 spiro atoms. The maximum absolute atomic E-state index is 12.6. The van der Waals surface area contributed by atoms with Gasteiger partial charge in [-0.1, -0.05) is 30.3 Å². The van der Waals surface area contributed by atoms with E-state index in [1.165, 1.54) is 0 Å². The number of rotatable bonds is 3. The van der Waals surface area contributed by atoms with Crippen LogP contribution < -0.4 is 5.73 Å². The van der Waals surface area contributed by atoms with Crippen LogP contribution in [0.4, 0.5) is 5.69 Å². The van der Waals surface area contributed by atoms with Gasteiger partial charge in [0.25, 0.3) is 0 Å². The second-order valence-electron chi connectivity index (χ2n) is 4.97. The molecule has 1 atom stereocenters. The molecule has 2 aromatic carbocycles. The summed E-state index contributed by atoms with van der Waals surface area (Å²) < 4.78 is 12.6. The molecule has 0 aliphatic rings. The summed E-state index contributed by atoms with van der Waals surface area (Å²) in [4.78, 5) is 5.20. The molecule has 106 valence electrons. The van der Waals surface area contributed by atoms with Crippen LogP contribution in [0.5, 0.6) is 0 Å². The fraction of sp³-hybridized carbons (Fsp3) is 0.118. The van der Waals surface area contributed by atoms with Crippen LogP contribution in [-0.2, 0) is 16.6 Å². The molecule has 0 aliphatic heterocycles. The number of anilines is 1. The Hall–Kier alpha value is -2.20. The Balaban J connectivity index is 2.02. The van der Waals surface area contributed by atoms with Crippen LogP contribution in [0, 0.1) is 6.92 Å². The van der Waals surface area contributed by atoms with Crippen molar-refractivity contribution in [2.45, 2.75) is 17.6 Å². The van der Waals surface area contributed by atoms with E-state index < -0.39 is 10.8 Å². The molecule has 0 fully saturated rings. The highest BCUT2D eigenvalue weighted by molar-refractivity contribution is 7.84. The van der Waals surface area contributed by atoms with Crippen molar-refractivity contribution in [1.82, 2.24) is 4.98 Å². The molecule has 3 aromatic rings. The zero-order valence-corrected chi connectivity index (χ0v) is 12.6. The molecular weight excluding hydrogens is 280 g/mol. The SMILES string of the molecule is Cc1cc(CS(=O)c2ccccc2N)c2ccccc2n1. The van der Waals surface area contributed by atoms with E-state index in [4.69, 9.17) is 5.73 Å². The molecule has 1 aromatic heterocycles. The van der Waals surface area contributed by atoms with Crippen LogP contribution in [0.15, 0.2) is 59.5 Å². The van der Waals surface area contributed by atoms with E-state index in [1.54, 1.807) is 6.07 Å². The first-order valence-electron chi connectivity index (χ1n) is 6.73. The molecule has 21 heavy (non-hydrogen) atoms. The Kier molecular flexibility index (Phi) is 3.71. The van der Waals surface area contributed by atoms with Crippen molar-refractivity contribution in [3.63, 3.8) is 0 Å². The highest BCUT2D eigenvalue weighted by Gasteiger charge is 2.11. The molecule has 1 heterocycles. The van der Waals surface area contributed by atoms with Gasteiger partial charge in [0, 0.05) is 16.8 Å². The lowest BCUT2D eigenvalue weighted by Crippen LogP contribution is -2.02. The van der Waals surface area contributed by atoms with Crippen molar-refractivity contribution in [3.8, 4) is 0 Å². The topological polar surface area (TPSA) is 56.0 Å². The minimum absolute atomic E-state index is 0.443. The third kappa shape index (κ3) is 2.81. The van der Waals surface area contributed by atoms with E-state index in [9.17, 15) is 4.21 Å². The maximum Gasteiger partial charge on any atom is 0.0708 e. The summed E-state index contributed by atoms with van der Waals surface area (Å²) in [6.07, 6.45) is 0. The summed E-state index contributed by atoms with van der Waals surface area (Å²) in [6, 6.07) is 17.2. The van der Waals surface area contributed by atoms with Crippen LogP contribution in [0.3, 0.4) is 0 Å². The van der Waals surface area contributed by atoms with Crippen LogP contribution in [0.25, 0.3) is 10.9 Å². The van der Waals surface area contributed by atoms with Gasteiger partial charge >= 0.3 is 0 Å². The first-order chi connectivity index (χ1) is 10.1. The Labute approximate surface area is 126 Å². The predicted molar refractivity (Wildman–Crippen MR) is 87.4 cm³/mol. The molecule has 1 unspecified atom stereocenters. The van der Waals surface area contributed by atoms with E-state index in [2.05, 4.69) is 4.98 Å². The fourth-order valence-electron chi connectivity index (χ4n) is 2.42. The molecule has 0 saturated heterocycles. The van der Waals surface area contributed by atoms with Crippen molar-refractivity contribution in [2.24, 2.45) is 0 Å². The molecule has 0 aliphatic carbocycles. The summed E-state index contributed by atoms with van der Waals surface area (Å²) in [5, 5.41) is 1.05.